The Morgan fingerprint density at radius 2 is 2.17 bits per heavy atom. The Hall–Kier alpha value is -1.86. The van der Waals surface area contributed by atoms with Crippen LogP contribution in [0.5, 0.6) is 0 Å². The zero-order valence-corrected chi connectivity index (χ0v) is 14.7. The Morgan fingerprint density at radius 1 is 1.42 bits per heavy atom. The molecule has 2 aromatic rings. The van der Waals surface area contributed by atoms with Gasteiger partial charge in [-0.05, 0) is 25.5 Å². The van der Waals surface area contributed by atoms with E-state index in [4.69, 9.17) is 0 Å². The van der Waals surface area contributed by atoms with Gasteiger partial charge in [0.2, 0.25) is 0 Å². The van der Waals surface area contributed by atoms with Crippen molar-refractivity contribution >= 4 is 17.2 Å². The summed E-state index contributed by atoms with van der Waals surface area (Å²) in [6.07, 6.45) is 4.58. The van der Waals surface area contributed by atoms with Crippen molar-refractivity contribution < 1.29 is 9.18 Å². The molecule has 3 heterocycles. The molecule has 0 unspecified atom stereocenters. The summed E-state index contributed by atoms with van der Waals surface area (Å²) in [6.45, 7) is 3.49. The smallest absolute Gasteiger partial charge is 0.263 e. The number of nitrogens with zero attached hydrogens (tertiary/aromatic N) is 4. The van der Waals surface area contributed by atoms with E-state index < -0.39 is 6.17 Å². The van der Waals surface area contributed by atoms with Crippen molar-refractivity contribution in [1.82, 2.24) is 19.8 Å². The third-order valence-corrected chi connectivity index (χ3v) is 5.25. The number of carbonyl (C=O) groups is 1. The lowest BCUT2D eigenvalue weighted by Crippen LogP contribution is -2.40. The lowest BCUT2D eigenvalue weighted by Gasteiger charge is -2.28. The van der Waals surface area contributed by atoms with Crippen LogP contribution < -0.4 is 0 Å². The fourth-order valence-corrected chi connectivity index (χ4v) is 3.95. The summed E-state index contributed by atoms with van der Waals surface area (Å²) in [7, 11) is 1.78. The van der Waals surface area contributed by atoms with E-state index in [0.29, 0.717) is 26.1 Å². The lowest BCUT2D eigenvalue weighted by molar-refractivity contribution is 0.0754. The first-order chi connectivity index (χ1) is 11.5. The van der Waals surface area contributed by atoms with Crippen LogP contribution in [0, 0.1) is 6.92 Å². The lowest BCUT2D eigenvalue weighted by atomic mass is 10.2. The summed E-state index contributed by atoms with van der Waals surface area (Å²) in [6, 6.07) is 3.81. The highest BCUT2D eigenvalue weighted by Gasteiger charge is 2.33. The average Bonchev–Trinajstić information content (AvgIpc) is 3.13. The van der Waals surface area contributed by atoms with Crippen LogP contribution in [0.25, 0.3) is 0 Å². The van der Waals surface area contributed by atoms with Gasteiger partial charge in [-0.1, -0.05) is 0 Å². The van der Waals surface area contributed by atoms with E-state index in [1.54, 1.807) is 24.3 Å². The molecule has 128 valence electrons. The average molecular weight is 348 g/mol. The van der Waals surface area contributed by atoms with Gasteiger partial charge in [-0.3, -0.25) is 9.69 Å². The SMILES string of the molecule is Cc1ccc(C(=O)N(C)C[C@@H]2C[C@H](F)CN2Cc2cncnc2)s1. The molecule has 0 bridgehead atoms. The Morgan fingerprint density at radius 3 is 2.83 bits per heavy atom. The molecule has 0 radical (unpaired) electrons. The number of likely N-dealkylation sites (tertiary alicyclic amines) is 1. The van der Waals surface area contributed by atoms with Crippen LogP contribution in [0.1, 0.15) is 26.5 Å². The molecule has 1 amide bonds. The first-order valence-electron chi connectivity index (χ1n) is 7.97. The quantitative estimate of drug-likeness (QED) is 0.833. The third kappa shape index (κ3) is 3.96. The number of hydrogen-bond donors (Lipinski definition) is 0. The van der Waals surface area contributed by atoms with E-state index in [9.17, 15) is 9.18 Å². The summed E-state index contributed by atoms with van der Waals surface area (Å²) in [5.74, 6) is -0.00148. The van der Waals surface area contributed by atoms with Crippen LogP contribution in [0.3, 0.4) is 0 Å². The van der Waals surface area contributed by atoms with Crippen molar-refractivity contribution in [2.75, 3.05) is 20.1 Å². The van der Waals surface area contributed by atoms with Gasteiger partial charge < -0.3 is 4.90 Å². The largest absolute Gasteiger partial charge is 0.339 e. The van der Waals surface area contributed by atoms with Gasteiger partial charge in [-0.25, -0.2) is 14.4 Å². The van der Waals surface area contributed by atoms with Crippen molar-refractivity contribution in [2.45, 2.75) is 32.1 Å². The zero-order chi connectivity index (χ0) is 17.1. The number of aryl methyl sites for hydroxylation is 1. The number of alkyl halides is 1. The minimum Gasteiger partial charge on any atom is -0.339 e. The maximum absolute atomic E-state index is 13.9. The molecule has 1 saturated heterocycles. The van der Waals surface area contributed by atoms with Crippen molar-refractivity contribution in [3.8, 4) is 0 Å². The molecule has 2 atom stereocenters. The van der Waals surface area contributed by atoms with Gasteiger partial charge in [0.1, 0.15) is 12.5 Å². The van der Waals surface area contributed by atoms with Gasteiger partial charge in [-0.15, -0.1) is 11.3 Å². The summed E-state index contributed by atoms with van der Waals surface area (Å²) in [5, 5.41) is 0. The van der Waals surface area contributed by atoms with E-state index in [0.717, 1.165) is 15.3 Å². The molecule has 2 aromatic heterocycles. The van der Waals surface area contributed by atoms with Gasteiger partial charge >= 0.3 is 0 Å². The van der Waals surface area contributed by atoms with E-state index in [1.807, 2.05) is 19.1 Å². The van der Waals surface area contributed by atoms with Crippen LogP contribution in [0.15, 0.2) is 30.9 Å². The minimum absolute atomic E-state index is 0.00148. The normalized spacial score (nSPS) is 21.1. The van der Waals surface area contributed by atoms with E-state index in [1.165, 1.54) is 17.7 Å². The fourth-order valence-electron chi connectivity index (χ4n) is 3.09. The molecular weight excluding hydrogens is 327 g/mol. The first kappa shape index (κ1) is 17.0. The molecule has 0 saturated carbocycles. The monoisotopic (exact) mass is 348 g/mol. The number of hydrogen-bond acceptors (Lipinski definition) is 5. The van der Waals surface area contributed by atoms with Gasteiger partial charge in [0, 0.05) is 55.6 Å². The second-order valence-corrected chi connectivity index (χ2v) is 7.55. The maximum Gasteiger partial charge on any atom is 0.263 e. The van der Waals surface area contributed by atoms with E-state index in [2.05, 4.69) is 14.9 Å². The van der Waals surface area contributed by atoms with Crippen molar-refractivity contribution in [1.29, 1.82) is 0 Å². The maximum atomic E-state index is 13.9. The molecular formula is C17H21FN4OS. The summed E-state index contributed by atoms with van der Waals surface area (Å²) in [4.78, 5) is 26.1. The highest BCUT2D eigenvalue weighted by atomic mass is 32.1. The van der Waals surface area contributed by atoms with Gasteiger partial charge in [0.05, 0.1) is 4.88 Å². The predicted molar refractivity (Wildman–Crippen MR) is 91.8 cm³/mol. The molecule has 7 heteroatoms. The van der Waals surface area contributed by atoms with Gasteiger partial charge in [-0.2, -0.15) is 0 Å². The Labute approximate surface area is 145 Å². The molecule has 24 heavy (non-hydrogen) atoms. The molecule has 0 N–H and O–H groups in total. The number of amides is 1. The number of carbonyl (C=O) groups excluding carboxylic acids is 1. The molecule has 0 spiro atoms. The second-order valence-electron chi connectivity index (χ2n) is 6.26. The number of halogens is 1. The third-order valence-electron chi connectivity index (χ3n) is 4.26. The molecule has 0 aromatic carbocycles. The highest BCUT2D eigenvalue weighted by Crippen LogP contribution is 2.24. The zero-order valence-electron chi connectivity index (χ0n) is 13.9. The molecule has 1 aliphatic heterocycles. The molecule has 3 rings (SSSR count). The number of likely N-dealkylation sites (N-methyl/N-ethyl adjacent to an activating group) is 1. The summed E-state index contributed by atoms with van der Waals surface area (Å²) < 4.78 is 13.9. The van der Waals surface area contributed by atoms with Crippen LogP contribution in [0.4, 0.5) is 4.39 Å². The summed E-state index contributed by atoms with van der Waals surface area (Å²) in [5.41, 5.74) is 0.958. The van der Waals surface area contributed by atoms with Crippen molar-refractivity contribution in [3.63, 3.8) is 0 Å². The van der Waals surface area contributed by atoms with Crippen molar-refractivity contribution in [2.24, 2.45) is 0 Å². The van der Waals surface area contributed by atoms with Gasteiger partial charge in [0.25, 0.3) is 5.91 Å². The highest BCUT2D eigenvalue weighted by molar-refractivity contribution is 7.13. The topological polar surface area (TPSA) is 49.3 Å². The van der Waals surface area contributed by atoms with E-state index in [-0.39, 0.29) is 11.9 Å². The summed E-state index contributed by atoms with van der Waals surface area (Å²) >= 11 is 1.49. The van der Waals surface area contributed by atoms with E-state index >= 15 is 0 Å². The Bertz CT molecular complexity index is 693. The molecule has 1 fully saturated rings. The predicted octanol–water partition coefficient (Wildman–Crippen LogP) is 2.53. The fraction of sp³-hybridized carbons (Fsp3) is 0.471. The standard InChI is InChI=1S/C17H21FN4OS/c1-12-3-4-16(24-12)17(23)21(2)10-15-5-14(18)9-22(15)8-13-6-19-11-20-7-13/h3-4,6-7,11,14-15H,5,8-10H2,1-2H3/t14-,15-/m0/s1. The minimum atomic E-state index is -0.855. The Balaban J connectivity index is 1.64. The second kappa shape index (κ2) is 7.36. The van der Waals surface area contributed by atoms with Gasteiger partial charge in [0.15, 0.2) is 0 Å². The number of rotatable bonds is 5. The van der Waals surface area contributed by atoms with Crippen LogP contribution in [0.2, 0.25) is 0 Å². The Kier molecular flexibility index (Phi) is 5.20. The molecule has 1 aliphatic rings. The first-order valence-corrected chi connectivity index (χ1v) is 8.78. The van der Waals surface area contributed by atoms with Crippen LogP contribution >= 0.6 is 11.3 Å². The molecule has 0 aliphatic carbocycles. The van der Waals surface area contributed by atoms with Crippen LogP contribution in [-0.4, -0.2) is 58.0 Å². The van der Waals surface area contributed by atoms with Crippen molar-refractivity contribution in [3.05, 3.63) is 46.2 Å². The van der Waals surface area contributed by atoms with Crippen LogP contribution in [-0.2, 0) is 6.54 Å². The molecule has 5 nitrogen and oxygen atoms in total. The number of aromatic nitrogens is 2. The number of thiophene rings is 1.